The van der Waals surface area contributed by atoms with Crippen LogP contribution in [0.1, 0.15) is 12.1 Å². The topological polar surface area (TPSA) is 51.3 Å². The Hall–Kier alpha value is -1.16. The molecular formula is C8H9N3S. The van der Waals surface area contributed by atoms with Gasteiger partial charge in [-0.3, -0.25) is 4.99 Å². The van der Waals surface area contributed by atoms with E-state index < -0.39 is 0 Å². The van der Waals surface area contributed by atoms with E-state index in [-0.39, 0.29) is 0 Å². The summed E-state index contributed by atoms with van der Waals surface area (Å²) in [5, 5.41) is 2.62. The zero-order chi connectivity index (χ0) is 8.39. The summed E-state index contributed by atoms with van der Waals surface area (Å²) < 4.78 is 0. The Morgan fingerprint density at radius 2 is 2.42 bits per heavy atom. The molecule has 0 saturated carbocycles. The Kier molecular flexibility index (Phi) is 1.91. The number of nitrogens with two attached hydrogens (primary N) is 1. The number of nitrogen functional groups attached to an aromatic ring is 1. The number of anilines is 1. The van der Waals surface area contributed by atoms with E-state index in [0.29, 0.717) is 5.13 Å². The Balaban J connectivity index is 2.30. The molecule has 1 aliphatic rings. The third kappa shape index (κ3) is 1.38. The van der Waals surface area contributed by atoms with Crippen molar-refractivity contribution < 1.29 is 0 Å². The van der Waals surface area contributed by atoms with Crippen molar-refractivity contribution in [1.29, 1.82) is 0 Å². The van der Waals surface area contributed by atoms with Gasteiger partial charge in [-0.1, -0.05) is 0 Å². The SMILES string of the molecule is Nc1nc(C2=CC=NCC2)cs1. The average molecular weight is 179 g/mol. The highest BCUT2D eigenvalue weighted by atomic mass is 32.1. The number of thiazole rings is 1. The molecule has 0 bridgehead atoms. The average Bonchev–Trinajstić information content (AvgIpc) is 2.54. The summed E-state index contributed by atoms with van der Waals surface area (Å²) in [4.78, 5) is 8.30. The molecule has 4 heteroatoms. The Morgan fingerprint density at radius 3 is 3.00 bits per heavy atom. The van der Waals surface area contributed by atoms with Crippen LogP contribution in [0.3, 0.4) is 0 Å². The molecule has 2 heterocycles. The first-order valence-corrected chi connectivity index (χ1v) is 4.64. The van der Waals surface area contributed by atoms with Crippen LogP contribution in [0.5, 0.6) is 0 Å². The lowest BCUT2D eigenvalue weighted by Gasteiger charge is -2.04. The molecule has 12 heavy (non-hydrogen) atoms. The van der Waals surface area contributed by atoms with E-state index in [1.165, 1.54) is 16.9 Å². The molecule has 0 spiro atoms. The molecule has 0 fully saturated rings. The molecule has 62 valence electrons. The van der Waals surface area contributed by atoms with Crippen molar-refractivity contribution in [3.05, 3.63) is 17.2 Å². The van der Waals surface area contributed by atoms with Crippen molar-refractivity contribution in [2.24, 2.45) is 4.99 Å². The molecule has 1 aromatic rings. The van der Waals surface area contributed by atoms with Gasteiger partial charge in [0, 0.05) is 18.1 Å². The van der Waals surface area contributed by atoms with Crippen molar-refractivity contribution in [1.82, 2.24) is 4.98 Å². The third-order valence-corrected chi connectivity index (χ3v) is 2.42. The summed E-state index contributed by atoms with van der Waals surface area (Å²) in [6.07, 6.45) is 4.80. The lowest BCUT2D eigenvalue weighted by atomic mass is 10.1. The van der Waals surface area contributed by atoms with Gasteiger partial charge in [0.25, 0.3) is 0 Å². The molecule has 0 radical (unpaired) electrons. The lowest BCUT2D eigenvalue weighted by molar-refractivity contribution is 1.01. The van der Waals surface area contributed by atoms with Gasteiger partial charge in [-0.15, -0.1) is 11.3 Å². The van der Waals surface area contributed by atoms with Crippen molar-refractivity contribution in [3.63, 3.8) is 0 Å². The third-order valence-electron chi connectivity index (χ3n) is 1.74. The maximum absolute atomic E-state index is 5.53. The van der Waals surface area contributed by atoms with Gasteiger partial charge in [0.1, 0.15) is 0 Å². The lowest BCUT2D eigenvalue weighted by Crippen LogP contribution is -1.95. The molecule has 0 aromatic carbocycles. The quantitative estimate of drug-likeness (QED) is 0.711. The van der Waals surface area contributed by atoms with Gasteiger partial charge < -0.3 is 5.73 Å². The van der Waals surface area contributed by atoms with Crippen molar-refractivity contribution in [3.8, 4) is 0 Å². The molecule has 1 aliphatic heterocycles. The van der Waals surface area contributed by atoms with Crippen molar-refractivity contribution >= 4 is 28.3 Å². The highest BCUT2D eigenvalue weighted by Crippen LogP contribution is 2.22. The molecule has 0 saturated heterocycles. The maximum Gasteiger partial charge on any atom is 0.180 e. The van der Waals surface area contributed by atoms with Crippen LogP contribution in [0, 0.1) is 0 Å². The van der Waals surface area contributed by atoms with E-state index in [9.17, 15) is 0 Å². The van der Waals surface area contributed by atoms with E-state index in [4.69, 9.17) is 5.73 Å². The standard InChI is InChI=1S/C8H9N3S/c9-8-11-7(5-12-8)6-1-3-10-4-2-6/h1,3,5H,2,4H2,(H2,9,11). The monoisotopic (exact) mass is 179 g/mol. The van der Waals surface area contributed by atoms with Crippen LogP contribution in [0.4, 0.5) is 5.13 Å². The van der Waals surface area contributed by atoms with Gasteiger partial charge in [-0.2, -0.15) is 0 Å². The maximum atomic E-state index is 5.53. The van der Waals surface area contributed by atoms with Gasteiger partial charge in [0.15, 0.2) is 5.13 Å². The summed E-state index contributed by atoms with van der Waals surface area (Å²) in [6.45, 7) is 0.864. The van der Waals surface area contributed by atoms with Gasteiger partial charge in [0.2, 0.25) is 0 Å². The van der Waals surface area contributed by atoms with E-state index in [0.717, 1.165) is 18.7 Å². The fourth-order valence-corrected chi connectivity index (χ4v) is 1.72. The minimum Gasteiger partial charge on any atom is -0.375 e. The number of rotatable bonds is 1. The molecule has 1 aromatic heterocycles. The predicted octanol–water partition coefficient (Wildman–Crippen LogP) is 1.58. The molecule has 0 atom stereocenters. The zero-order valence-electron chi connectivity index (χ0n) is 6.53. The molecule has 0 amide bonds. The molecule has 0 unspecified atom stereocenters. The van der Waals surface area contributed by atoms with Gasteiger partial charge in [-0.05, 0) is 18.1 Å². The van der Waals surface area contributed by atoms with E-state index in [2.05, 4.69) is 9.98 Å². The van der Waals surface area contributed by atoms with E-state index >= 15 is 0 Å². The zero-order valence-corrected chi connectivity index (χ0v) is 7.34. The van der Waals surface area contributed by atoms with Crippen molar-refractivity contribution in [2.75, 3.05) is 12.3 Å². The Bertz CT molecular complexity index is 338. The largest absolute Gasteiger partial charge is 0.375 e. The van der Waals surface area contributed by atoms with Crippen LogP contribution in [-0.4, -0.2) is 17.7 Å². The van der Waals surface area contributed by atoms with Crippen LogP contribution in [0.2, 0.25) is 0 Å². The highest BCUT2D eigenvalue weighted by molar-refractivity contribution is 7.13. The summed E-state index contributed by atoms with van der Waals surface area (Å²) in [7, 11) is 0. The van der Waals surface area contributed by atoms with Gasteiger partial charge in [0.05, 0.1) is 5.69 Å². The second kappa shape index (κ2) is 3.06. The van der Waals surface area contributed by atoms with Crippen molar-refractivity contribution in [2.45, 2.75) is 6.42 Å². The number of allylic oxidation sites excluding steroid dienone is 1. The van der Waals surface area contributed by atoms with Crippen LogP contribution in [-0.2, 0) is 0 Å². The number of hydrogen-bond acceptors (Lipinski definition) is 4. The molecule has 2 rings (SSSR count). The molecule has 0 aliphatic carbocycles. The van der Waals surface area contributed by atoms with E-state index in [1.807, 2.05) is 17.7 Å². The summed E-state index contributed by atoms with van der Waals surface area (Å²) in [6, 6.07) is 0. The predicted molar refractivity (Wildman–Crippen MR) is 52.5 cm³/mol. The first-order chi connectivity index (χ1) is 5.86. The smallest absolute Gasteiger partial charge is 0.180 e. The number of nitrogens with zero attached hydrogens (tertiary/aromatic N) is 2. The summed E-state index contributed by atoms with van der Waals surface area (Å²) in [5.41, 5.74) is 7.77. The second-order valence-corrected chi connectivity index (χ2v) is 3.46. The normalized spacial score (nSPS) is 16.2. The molecule has 3 nitrogen and oxygen atoms in total. The minimum absolute atomic E-state index is 0.633. The van der Waals surface area contributed by atoms with Crippen LogP contribution < -0.4 is 5.73 Å². The molecular weight excluding hydrogens is 170 g/mol. The van der Waals surface area contributed by atoms with Gasteiger partial charge >= 0.3 is 0 Å². The number of aromatic nitrogens is 1. The fraction of sp³-hybridized carbons (Fsp3) is 0.250. The van der Waals surface area contributed by atoms with Crippen LogP contribution in [0.15, 0.2) is 16.4 Å². The first-order valence-electron chi connectivity index (χ1n) is 3.76. The summed E-state index contributed by atoms with van der Waals surface area (Å²) in [5.74, 6) is 0. The first kappa shape index (κ1) is 7.49. The summed E-state index contributed by atoms with van der Waals surface area (Å²) >= 11 is 1.48. The fourth-order valence-electron chi connectivity index (χ4n) is 1.13. The number of aliphatic imine (C=N–C) groups is 1. The minimum atomic E-state index is 0.633. The van der Waals surface area contributed by atoms with E-state index in [1.54, 1.807) is 0 Å². The number of dihydropyridines is 1. The highest BCUT2D eigenvalue weighted by Gasteiger charge is 2.06. The van der Waals surface area contributed by atoms with Crippen LogP contribution in [0.25, 0.3) is 5.57 Å². The Labute approximate surface area is 74.7 Å². The number of hydrogen-bond donors (Lipinski definition) is 1. The molecule has 2 N–H and O–H groups in total. The Morgan fingerprint density at radius 1 is 1.50 bits per heavy atom. The van der Waals surface area contributed by atoms with Gasteiger partial charge in [-0.25, -0.2) is 4.98 Å². The van der Waals surface area contributed by atoms with Crippen LogP contribution >= 0.6 is 11.3 Å². The second-order valence-electron chi connectivity index (χ2n) is 2.57.